The second-order valence-electron chi connectivity index (χ2n) is 7.31. The van der Waals surface area contributed by atoms with Crippen molar-refractivity contribution in [2.24, 2.45) is 0 Å². The van der Waals surface area contributed by atoms with Crippen molar-refractivity contribution in [3.63, 3.8) is 0 Å². The molecule has 0 amide bonds. The number of phenolic OH excluding ortho intramolecular Hbond substituents is 1. The molecule has 5 heteroatoms. The molecule has 0 saturated heterocycles. The molecule has 3 aromatic carbocycles. The van der Waals surface area contributed by atoms with E-state index in [1.165, 1.54) is 5.56 Å². The summed E-state index contributed by atoms with van der Waals surface area (Å²) in [6.07, 6.45) is 1.83. The fraction of sp³-hybridized carbons (Fsp3) is 0.125. The molecule has 0 radical (unpaired) electrons. The zero-order valence-corrected chi connectivity index (χ0v) is 17.7. The van der Waals surface area contributed by atoms with Gasteiger partial charge in [-0.05, 0) is 72.2 Å². The largest absolute Gasteiger partial charge is 0.505 e. The molecular formula is C24H20Cl2N2O. The number of nitrogens with zero attached hydrogens (tertiary/aromatic N) is 2. The van der Waals surface area contributed by atoms with Crippen LogP contribution in [0, 0.1) is 0 Å². The van der Waals surface area contributed by atoms with Crippen LogP contribution in [0.1, 0.15) is 5.56 Å². The summed E-state index contributed by atoms with van der Waals surface area (Å²) in [5.41, 5.74) is 6.24. The molecule has 0 saturated carbocycles. The maximum atomic E-state index is 9.84. The third-order valence-corrected chi connectivity index (χ3v) is 5.43. The van der Waals surface area contributed by atoms with E-state index in [9.17, 15) is 5.11 Å². The van der Waals surface area contributed by atoms with Crippen LogP contribution in [0.3, 0.4) is 0 Å². The molecule has 1 N–H and O–H groups in total. The van der Waals surface area contributed by atoms with Crippen LogP contribution in [0.25, 0.3) is 33.2 Å². The number of halogens is 2. The van der Waals surface area contributed by atoms with E-state index in [1.807, 2.05) is 24.4 Å². The fourth-order valence-electron chi connectivity index (χ4n) is 3.46. The normalized spacial score (nSPS) is 11.3. The van der Waals surface area contributed by atoms with E-state index in [0.717, 1.165) is 39.7 Å². The van der Waals surface area contributed by atoms with Gasteiger partial charge in [-0.3, -0.25) is 4.98 Å². The Hall–Kier alpha value is -2.59. The van der Waals surface area contributed by atoms with Crippen LogP contribution >= 0.6 is 23.2 Å². The third kappa shape index (κ3) is 4.08. The van der Waals surface area contributed by atoms with E-state index in [-0.39, 0.29) is 15.8 Å². The van der Waals surface area contributed by atoms with Gasteiger partial charge in [0.25, 0.3) is 0 Å². The quantitative estimate of drug-likeness (QED) is 0.400. The van der Waals surface area contributed by atoms with Gasteiger partial charge in [0, 0.05) is 18.1 Å². The number of aromatic hydroxyl groups is 1. The lowest BCUT2D eigenvalue weighted by Crippen LogP contribution is -2.10. The number of hydrogen-bond acceptors (Lipinski definition) is 3. The zero-order valence-electron chi connectivity index (χ0n) is 16.2. The van der Waals surface area contributed by atoms with Crippen LogP contribution in [0.4, 0.5) is 0 Å². The smallest absolute Gasteiger partial charge is 0.152 e. The van der Waals surface area contributed by atoms with Crippen molar-refractivity contribution in [2.45, 2.75) is 6.54 Å². The van der Waals surface area contributed by atoms with Gasteiger partial charge < -0.3 is 10.0 Å². The minimum Gasteiger partial charge on any atom is -0.505 e. The van der Waals surface area contributed by atoms with Crippen molar-refractivity contribution in [3.8, 4) is 28.0 Å². The average Bonchev–Trinajstić information content (AvgIpc) is 2.71. The zero-order chi connectivity index (χ0) is 20.5. The molecule has 1 aromatic heterocycles. The lowest BCUT2D eigenvalue weighted by Gasteiger charge is -2.12. The van der Waals surface area contributed by atoms with Crippen molar-refractivity contribution in [1.29, 1.82) is 0 Å². The van der Waals surface area contributed by atoms with E-state index in [0.29, 0.717) is 0 Å². The molecular weight excluding hydrogens is 403 g/mol. The molecule has 0 atom stereocenters. The highest BCUT2D eigenvalue weighted by molar-refractivity contribution is 6.37. The van der Waals surface area contributed by atoms with Gasteiger partial charge in [0.15, 0.2) is 5.75 Å². The fourth-order valence-corrected chi connectivity index (χ4v) is 3.95. The number of rotatable bonds is 4. The Morgan fingerprint density at radius 3 is 2.14 bits per heavy atom. The van der Waals surface area contributed by atoms with Crippen LogP contribution in [-0.2, 0) is 6.54 Å². The van der Waals surface area contributed by atoms with E-state index in [2.05, 4.69) is 54.3 Å². The number of phenols is 1. The van der Waals surface area contributed by atoms with Crippen molar-refractivity contribution < 1.29 is 5.11 Å². The predicted octanol–water partition coefficient (Wildman–Crippen LogP) is 6.64. The second-order valence-corrected chi connectivity index (χ2v) is 8.13. The molecule has 0 unspecified atom stereocenters. The molecule has 29 heavy (non-hydrogen) atoms. The Morgan fingerprint density at radius 1 is 0.828 bits per heavy atom. The summed E-state index contributed by atoms with van der Waals surface area (Å²) in [6, 6.07) is 20.1. The minimum atomic E-state index is -0.0990. The standard InChI is InChI=1S/C24H20Cl2N2O/c1-28(2)14-15-3-5-16(6-4-15)19-9-10-27-23-8-7-17(11-20(19)23)18-12-21(25)24(29)22(26)13-18/h3-13,29H,14H2,1-2H3. The van der Waals surface area contributed by atoms with E-state index < -0.39 is 0 Å². The first kappa shape index (κ1) is 19.7. The second kappa shape index (κ2) is 8.03. The molecule has 0 fully saturated rings. The van der Waals surface area contributed by atoms with Crippen LogP contribution in [0.15, 0.2) is 66.9 Å². The van der Waals surface area contributed by atoms with E-state index in [1.54, 1.807) is 12.1 Å². The van der Waals surface area contributed by atoms with Crippen molar-refractivity contribution in [1.82, 2.24) is 9.88 Å². The van der Waals surface area contributed by atoms with E-state index in [4.69, 9.17) is 23.2 Å². The molecule has 4 rings (SSSR count). The molecule has 3 nitrogen and oxygen atoms in total. The molecule has 0 aliphatic heterocycles. The molecule has 0 bridgehead atoms. The third-order valence-electron chi connectivity index (χ3n) is 4.86. The van der Waals surface area contributed by atoms with Gasteiger partial charge in [-0.15, -0.1) is 0 Å². The van der Waals surface area contributed by atoms with Crippen LogP contribution < -0.4 is 0 Å². The number of hydrogen-bond donors (Lipinski definition) is 1. The van der Waals surface area contributed by atoms with Gasteiger partial charge in [-0.25, -0.2) is 0 Å². The molecule has 0 aliphatic carbocycles. The van der Waals surface area contributed by atoms with Gasteiger partial charge in [0.1, 0.15) is 0 Å². The summed E-state index contributed by atoms with van der Waals surface area (Å²) in [7, 11) is 4.13. The summed E-state index contributed by atoms with van der Waals surface area (Å²) in [6.45, 7) is 0.907. The minimum absolute atomic E-state index is 0.0990. The maximum absolute atomic E-state index is 9.84. The summed E-state index contributed by atoms with van der Waals surface area (Å²) in [5, 5.41) is 11.4. The van der Waals surface area contributed by atoms with Gasteiger partial charge in [0.2, 0.25) is 0 Å². The summed E-state index contributed by atoms with van der Waals surface area (Å²) in [5.74, 6) is -0.0990. The van der Waals surface area contributed by atoms with Gasteiger partial charge in [-0.1, -0.05) is 53.5 Å². The Bertz CT molecular complexity index is 1160. The highest BCUT2D eigenvalue weighted by Gasteiger charge is 2.11. The van der Waals surface area contributed by atoms with Crippen LogP contribution in [0.5, 0.6) is 5.75 Å². The maximum Gasteiger partial charge on any atom is 0.152 e. The van der Waals surface area contributed by atoms with Crippen molar-refractivity contribution in [3.05, 3.63) is 82.5 Å². The SMILES string of the molecule is CN(C)Cc1ccc(-c2ccnc3ccc(-c4cc(Cl)c(O)c(Cl)c4)cc23)cc1. The Morgan fingerprint density at radius 2 is 1.48 bits per heavy atom. The Kier molecular flexibility index (Phi) is 5.46. The highest BCUT2D eigenvalue weighted by Crippen LogP contribution is 2.38. The number of pyridine rings is 1. The topological polar surface area (TPSA) is 36.4 Å². The van der Waals surface area contributed by atoms with Gasteiger partial charge in [-0.2, -0.15) is 0 Å². The van der Waals surface area contributed by atoms with Crippen LogP contribution in [0.2, 0.25) is 10.0 Å². The van der Waals surface area contributed by atoms with E-state index >= 15 is 0 Å². The predicted molar refractivity (Wildman–Crippen MR) is 122 cm³/mol. The summed E-state index contributed by atoms with van der Waals surface area (Å²) in [4.78, 5) is 6.66. The first-order valence-electron chi connectivity index (χ1n) is 9.23. The Labute approximate surface area is 180 Å². The number of benzene rings is 3. The lowest BCUT2D eigenvalue weighted by atomic mass is 9.97. The number of fused-ring (bicyclic) bond motifs is 1. The highest BCUT2D eigenvalue weighted by atomic mass is 35.5. The Balaban J connectivity index is 1.81. The van der Waals surface area contributed by atoms with Crippen LogP contribution in [-0.4, -0.2) is 29.1 Å². The van der Waals surface area contributed by atoms with Crippen molar-refractivity contribution >= 4 is 34.1 Å². The van der Waals surface area contributed by atoms with Crippen molar-refractivity contribution in [2.75, 3.05) is 14.1 Å². The average molecular weight is 423 g/mol. The molecule has 146 valence electrons. The monoisotopic (exact) mass is 422 g/mol. The molecule has 0 spiro atoms. The first-order valence-corrected chi connectivity index (χ1v) is 9.99. The number of aromatic nitrogens is 1. The first-order chi connectivity index (χ1) is 13.9. The van der Waals surface area contributed by atoms with Gasteiger partial charge >= 0.3 is 0 Å². The molecule has 4 aromatic rings. The molecule has 1 heterocycles. The summed E-state index contributed by atoms with van der Waals surface area (Å²) >= 11 is 12.2. The lowest BCUT2D eigenvalue weighted by molar-refractivity contribution is 0.402. The molecule has 0 aliphatic rings. The van der Waals surface area contributed by atoms with Gasteiger partial charge in [0.05, 0.1) is 15.6 Å². The summed E-state index contributed by atoms with van der Waals surface area (Å²) < 4.78 is 0.